The Morgan fingerprint density at radius 1 is 0.962 bits per heavy atom. The number of amides is 3. The lowest BCUT2D eigenvalue weighted by molar-refractivity contribution is -0.140. The average molecular weight is 397 g/mol. The van der Waals surface area contributed by atoms with Crippen molar-refractivity contribution in [2.24, 2.45) is 0 Å². The number of anilines is 1. The van der Waals surface area contributed by atoms with Crippen LogP contribution in [0.1, 0.15) is 15.9 Å². The van der Waals surface area contributed by atoms with Gasteiger partial charge in [0.05, 0.1) is 21.8 Å². The number of halogens is 7. The summed E-state index contributed by atoms with van der Waals surface area (Å²) in [5, 5.41) is 3.06. The molecule has 0 radical (unpaired) electrons. The molecule has 2 rings (SSSR count). The van der Waals surface area contributed by atoms with Gasteiger partial charge in [-0.3, -0.25) is 10.1 Å². The summed E-state index contributed by atoms with van der Waals surface area (Å²) in [5.74, 6) is -6.00. The van der Waals surface area contributed by atoms with Crippen molar-refractivity contribution in [3.05, 3.63) is 63.9 Å². The van der Waals surface area contributed by atoms with Crippen LogP contribution in [0.2, 0.25) is 5.02 Å². The molecule has 0 atom stereocenters. The van der Waals surface area contributed by atoms with Crippen LogP contribution in [-0.4, -0.2) is 11.9 Å². The summed E-state index contributed by atoms with van der Waals surface area (Å²) in [5.41, 5.74) is -3.07. The van der Waals surface area contributed by atoms with Crippen LogP contribution < -0.4 is 10.6 Å². The zero-order chi connectivity index (χ0) is 19.6. The Bertz CT molecular complexity index is 885. The first-order valence-electron chi connectivity index (χ1n) is 6.63. The highest BCUT2D eigenvalue weighted by Gasteiger charge is 2.36. The number of rotatable bonds is 2. The van der Waals surface area contributed by atoms with E-state index >= 15 is 0 Å². The number of hydrogen-bond acceptors (Lipinski definition) is 2. The normalized spacial score (nSPS) is 11.2. The Kier molecular flexibility index (Phi) is 5.45. The predicted molar refractivity (Wildman–Crippen MR) is 79.3 cm³/mol. The summed E-state index contributed by atoms with van der Waals surface area (Å²) in [6.45, 7) is 0. The fourth-order valence-electron chi connectivity index (χ4n) is 1.86. The van der Waals surface area contributed by atoms with Gasteiger partial charge >= 0.3 is 12.2 Å². The maximum Gasteiger partial charge on any atom is 0.419 e. The van der Waals surface area contributed by atoms with Crippen LogP contribution in [0.5, 0.6) is 0 Å². The molecule has 0 saturated heterocycles. The maximum absolute atomic E-state index is 13.7. The number of carbonyl (C=O) groups is 2. The molecule has 0 saturated carbocycles. The lowest BCUT2D eigenvalue weighted by Crippen LogP contribution is -2.34. The molecule has 0 bridgehead atoms. The van der Waals surface area contributed by atoms with E-state index in [9.17, 15) is 35.9 Å². The zero-order valence-corrected chi connectivity index (χ0v) is 13.1. The van der Waals surface area contributed by atoms with Crippen LogP contribution in [-0.2, 0) is 6.18 Å². The fourth-order valence-corrected chi connectivity index (χ4v) is 2.12. The van der Waals surface area contributed by atoms with Crippen molar-refractivity contribution in [1.82, 2.24) is 5.32 Å². The van der Waals surface area contributed by atoms with Crippen molar-refractivity contribution < 1.29 is 35.9 Å². The largest absolute Gasteiger partial charge is 0.419 e. The Morgan fingerprint density at radius 2 is 1.62 bits per heavy atom. The SMILES string of the molecule is O=C(NC(=O)c1ccc(F)cc1Cl)Nc1ccc(C(F)(F)F)c(F)c1F. The molecule has 0 aromatic heterocycles. The molecule has 0 aliphatic rings. The fraction of sp³-hybridized carbons (Fsp3) is 0.0667. The van der Waals surface area contributed by atoms with E-state index < -0.39 is 46.8 Å². The van der Waals surface area contributed by atoms with Crippen LogP contribution in [0, 0.1) is 17.5 Å². The van der Waals surface area contributed by atoms with Crippen molar-refractivity contribution >= 4 is 29.2 Å². The lowest BCUT2D eigenvalue weighted by Gasteiger charge is -2.12. The van der Waals surface area contributed by atoms with Crippen LogP contribution in [0.4, 0.5) is 36.8 Å². The van der Waals surface area contributed by atoms with E-state index in [1.807, 2.05) is 0 Å². The van der Waals surface area contributed by atoms with E-state index in [-0.39, 0.29) is 16.7 Å². The van der Waals surface area contributed by atoms with Crippen molar-refractivity contribution in [3.8, 4) is 0 Å². The standard InChI is InChI=1S/C15H7ClF6N2O2/c16-9-5-6(17)1-2-7(9)13(25)24-14(26)23-10-4-3-8(15(20,21)22)11(18)12(10)19/h1-5H,(H2,23,24,25,26). The van der Waals surface area contributed by atoms with E-state index in [0.717, 1.165) is 18.2 Å². The number of carbonyl (C=O) groups excluding carboxylic acids is 2. The van der Waals surface area contributed by atoms with Crippen LogP contribution in [0.3, 0.4) is 0 Å². The topological polar surface area (TPSA) is 58.2 Å². The Balaban J connectivity index is 2.15. The molecule has 0 heterocycles. The second-order valence-electron chi connectivity index (χ2n) is 4.82. The number of urea groups is 1. The van der Waals surface area contributed by atoms with Gasteiger partial charge in [0.2, 0.25) is 0 Å². The highest BCUT2D eigenvalue weighted by molar-refractivity contribution is 6.34. The maximum atomic E-state index is 13.7. The molecule has 138 valence electrons. The molecule has 11 heteroatoms. The van der Waals surface area contributed by atoms with Crippen molar-refractivity contribution in [2.75, 3.05) is 5.32 Å². The quantitative estimate of drug-likeness (QED) is 0.720. The van der Waals surface area contributed by atoms with Crippen LogP contribution in [0.25, 0.3) is 0 Å². The molecule has 26 heavy (non-hydrogen) atoms. The first-order chi connectivity index (χ1) is 12.0. The summed E-state index contributed by atoms with van der Waals surface area (Å²) in [7, 11) is 0. The minimum Gasteiger partial charge on any atom is -0.305 e. The molecule has 0 aliphatic heterocycles. The van der Waals surface area contributed by atoms with Crippen LogP contribution in [0.15, 0.2) is 30.3 Å². The second kappa shape index (κ2) is 7.24. The van der Waals surface area contributed by atoms with Gasteiger partial charge in [-0.2, -0.15) is 13.2 Å². The zero-order valence-electron chi connectivity index (χ0n) is 12.3. The highest BCUT2D eigenvalue weighted by Crippen LogP contribution is 2.34. The second-order valence-corrected chi connectivity index (χ2v) is 5.23. The molecule has 2 aromatic rings. The van der Waals surface area contributed by atoms with E-state index in [4.69, 9.17) is 11.6 Å². The monoisotopic (exact) mass is 396 g/mol. The molecule has 0 aliphatic carbocycles. The van der Waals surface area contributed by atoms with Gasteiger partial charge in [-0.1, -0.05) is 11.6 Å². The third kappa shape index (κ3) is 4.26. The van der Waals surface area contributed by atoms with Gasteiger partial charge in [-0.25, -0.2) is 18.0 Å². The molecule has 0 spiro atoms. The molecule has 2 N–H and O–H groups in total. The molecule has 4 nitrogen and oxygen atoms in total. The van der Waals surface area contributed by atoms with E-state index in [0.29, 0.717) is 6.07 Å². The molecular formula is C15H7ClF6N2O2. The van der Waals surface area contributed by atoms with E-state index in [1.54, 1.807) is 10.6 Å². The predicted octanol–water partition coefficient (Wildman–Crippen LogP) is 4.74. The number of hydrogen-bond donors (Lipinski definition) is 2. The number of nitrogens with one attached hydrogen (secondary N) is 2. The number of alkyl halides is 3. The third-order valence-electron chi connectivity index (χ3n) is 3.04. The minimum absolute atomic E-state index is 0.229. The van der Waals surface area contributed by atoms with E-state index in [1.165, 1.54) is 0 Å². The van der Waals surface area contributed by atoms with Gasteiger partial charge in [0.25, 0.3) is 5.91 Å². The first-order valence-corrected chi connectivity index (χ1v) is 7.01. The van der Waals surface area contributed by atoms with Gasteiger partial charge in [0.1, 0.15) is 5.82 Å². The number of imide groups is 1. The summed E-state index contributed by atoms with van der Waals surface area (Å²) in [4.78, 5) is 23.5. The number of benzene rings is 2. The molecule has 0 unspecified atom stereocenters. The highest BCUT2D eigenvalue weighted by atomic mass is 35.5. The lowest BCUT2D eigenvalue weighted by atomic mass is 10.1. The Labute approximate surface area is 146 Å². The molecule has 3 amide bonds. The summed E-state index contributed by atoms with van der Waals surface area (Å²) < 4.78 is 77.4. The van der Waals surface area contributed by atoms with Gasteiger partial charge < -0.3 is 5.32 Å². The average Bonchev–Trinajstić information content (AvgIpc) is 2.50. The molecule has 0 fully saturated rings. The smallest absolute Gasteiger partial charge is 0.305 e. The minimum atomic E-state index is -5.12. The van der Waals surface area contributed by atoms with Crippen LogP contribution >= 0.6 is 11.6 Å². The van der Waals surface area contributed by atoms with E-state index in [2.05, 4.69) is 0 Å². The summed E-state index contributed by atoms with van der Waals surface area (Å²) in [6.07, 6.45) is -5.12. The molecular weight excluding hydrogens is 390 g/mol. The summed E-state index contributed by atoms with van der Waals surface area (Å²) in [6, 6.07) is 2.01. The van der Waals surface area contributed by atoms with Gasteiger partial charge in [0, 0.05) is 0 Å². The van der Waals surface area contributed by atoms with Gasteiger partial charge in [0.15, 0.2) is 11.6 Å². The van der Waals surface area contributed by atoms with Gasteiger partial charge in [-0.05, 0) is 30.3 Å². The van der Waals surface area contributed by atoms with Crippen molar-refractivity contribution in [1.29, 1.82) is 0 Å². The Hall–Kier alpha value is -2.75. The molecule has 2 aromatic carbocycles. The van der Waals surface area contributed by atoms with Gasteiger partial charge in [-0.15, -0.1) is 0 Å². The Morgan fingerprint density at radius 3 is 2.19 bits per heavy atom. The first kappa shape index (κ1) is 19.6. The van der Waals surface area contributed by atoms with Crippen molar-refractivity contribution in [3.63, 3.8) is 0 Å². The third-order valence-corrected chi connectivity index (χ3v) is 3.35. The summed E-state index contributed by atoms with van der Waals surface area (Å²) >= 11 is 5.63. The van der Waals surface area contributed by atoms with Crippen molar-refractivity contribution in [2.45, 2.75) is 6.18 Å².